The standard InChI is InChI=1S/C9H15N3O2/c1-6-4-7(14-12-6)11-8(13)9(2,3)5-10/h4H,5,10H2,1-3H3,(H,11,13). The van der Waals surface area contributed by atoms with Crippen LogP contribution in [0, 0.1) is 12.3 Å². The minimum atomic E-state index is -0.597. The van der Waals surface area contributed by atoms with Crippen LogP contribution in [0.15, 0.2) is 10.6 Å². The molecule has 0 aliphatic rings. The van der Waals surface area contributed by atoms with E-state index in [4.69, 9.17) is 10.3 Å². The van der Waals surface area contributed by atoms with Gasteiger partial charge in [-0.2, -0.15) is 0 Å². The molecule has 3 N–H and O–H groups in total. The van der Waals surface area contributed by atoms with Gasteiger partial charge < -0.3 is 10.3 Å². The zero-order valence-electron chi connectivity index (χ0n) is 8.63. The van der Waals surface area contributed by atoms with Crippen molar-refractivity contribution < 1.29 is 9.32 Å². The average Bonchev–Trinajstić information content (AvgIpc) is 2.51. The van der Waals surface area contributed by atoms with Gasteiger partial charge in [0.25, 0.3) is 0 Å². The third kappa shape index (κ3) is 2.32. The third-order valence-corrected chi connectivity index (χ3v) is 1.99. The van der Waals surface area contributed by atoms with Crippen LogP contribution in [-0.4, -0.2) is 17.6 Å². The molecule has 14 heavy (non-hydrogen) atoms. The fourth-order valence-electron chi connectivity index (χ4n) is 0.796. The Bertz CT molecular complexity index is 331. The number of carbonyl (C=O) groups excluding carboxylic acids is 1. The van der Waals surface area contributed by atoms with Crippen molar-refractivity contribution in [3.63, 3.8) is 0 Å². The second-order valence-corrected chi connectivity index (χ2v) is 3.87. The van der Waals surface area contributed by atoms with Crippen molar-refractivity contribution >= 4 is 11.8 Å². The molecule has 0 aliphatic heterocycles. The highest BCUT2D eigenvalue weighted by Crippen LogP contribution is 2.17. The molecule has 0 atom stereocenters. The van der Waals surface area contributed by atoms with Gasteiger partial charge in [-0.05, 0) is 20.8 Å². The molecule has 0 saturated carbocycles. The summed E-state index contributed by atoms with van der Waals surface area (Å²) in [6, 6.07) is 1.66. The molecule has 0 saturated heterocycles. The van der Waals surface area contributed by atoms with Crippen LogP contribution in [0.1, 0.15) is 19.5 Å². The summed E-state index contributed by atoms with van der Waals surface area (Å²) in [5.74, 6) is 0.185. The van der Waals surface area contributed by atoms with Gasteiger partial charge in [-0.15, -0.1) is 0 Å². The van der Waals surface area contributed by atoms with E-state index in [2.05, 4.69) is 10.5 Å². The second-order valence-electron chi connectivity index (χ2n) is 3.87. The van der Waals surface area contributed by atoms with Crippen molar-refractivity contribution in [2.24, 2.45) is 11.1 Å². The summed E-state index contributed by atoms with van der Waals surface area (Å²) in [5.41, 5.74) is 5.59. The van der Waals surface area contributed by atoms with Crippen LogP contribution in [-0.2, 0) is 4.79 Å². The minimum Gasteiger partial charge on any atom is -0.338 e. The van der Waals surface area contributed by atoms with Crippen LogP contribution in [0.2, 0.25) is 0 Å². The van der Waals surface area contributed by atoms with Crippen molar-refractivity contribution in [1.29, 1.82) is 0 Å². The summed E-state index contributed by atoms with van der Waals surface area (Å²) in [7, 11) is 0. The maximum Gasteiger partial charge on any atom is 0.233 e. The van der Waals surface area contributed by atoms with Gasteiger partial charge in [0.15, 0.2) is 0 Å². The number of hydrogen-bond acceptors (Lipinski definition) is 4. The molecule has 1 rings (SSSR count). The predicted molar refractivity (Wildman–Crippen MR) is 52.7 cm³/mol. The van der Waals surface area contributed by atoms with Gasteiger partial charge in [-0.1, -0.05) is 5.16 Å². The maximum atomic E-state index is 11.6. The fraction of sp³-hybridized carbons (Fsp3) is 0.556. The van der Waals surface area contributed by atoms with Crippen LogP contribution in [0.25, 0.3) is 0 Å². The Morgan fingerprint density at radius 1 is 1.71 bits per heavy atom. The molecule has 78 valence electrons. The van der Waals surface area contributed by atoms with E-state index in [0.29, 0.717) is 5.88 Å². The summed E-state index contributed by atoms with van der Waals surface area (Å²) >= 11 is 0. The first-order valence-electron chi connectivity index (χ1n) is 4.40. The summed E-state index contributed by atoms with van der Waals surface area (Å²) in [6.45, 7) is 5.61. The maximum absolute atomic E-state index is 11.6. The quantitative estimate of drug-likeness (QED) is 0.754. The third-order valence-electron chi connectivity index (χ3n) is 1.99. The topological polar surface area (TPSA) is 81.2 Å². The second kappa shape index (κ2) is 3.79. The molecule has 0 unspecified atom stereocenters. The zero-order valence-corrected chi connectivity index (χ0v) is 8.63. The molecule has 0 fully saturated rings. The number of nitrogens with zero attached hydrogens (tertiary/aromatic N) is 1. The Hall–Kier alpha value is -1.36. The van der Waals surface area contributed by atoms with Crippen LogP contribution >= 0.6 is 0 Å². The largest absolute Gasteiger partial charge is 0.338 e. The zero-order chi connectivity index (χ0) is 10.8. The molecule has 1 amide bonds. The first-order valence-corrected chi connectivity index (χ1v) is 4.40. The number of rotatable bonds is 3. The number of nitrogens with two attached hydrogens (primary N) is 1. The van der Waals surface area contributed by atoms with Crippen LogP contribution in [0.3, 0.4) is 0 Å². The van der Waals surface area contributed by atoms with Crippen molar-refractivity contribution in [3.8, 4) is 0 Å². The lowest BCUT2D eigenvalue weighted by molar-refractivity contribution is -0.123. The molecule has 0 bridgehead atoms. The molecule has 0 radical (unpaired) electrons. The first kappa shape index (κ1) is 10.7. The molecule has 1 aromatic heterocycles. The normalized spacial score (nSPS) is 11.4. The van der Waals surface area contributed by atoms with Crippen molar-refractivity contribution in [2.45, 2.75) is 20.8 Å². The van der Waals surface area contributed by atoms with Crippen LogP contribution in [0.4, 0.5) is 5.88 Å². The molecule has 5 nitrogen and oxygen atoms in total. The lowest BCUT2D eigenvalue weighted by Crippen LogP contribution is -2.37. The van der Waals surface area contributed by atoms with Gasteiger partial charge in [0, 0.05) is 12.6 Å². The predicted octanol–water partition coefficient (Wildman–Crippen LogP) is 0.906. The smallest absolute Gasteiger partial charge is 0.233 e. The highest BCUT2D eigenvalue weighted by Gasteiger charge is 2.26. The van der Waals surface area contributed by atoms with Crippen molar-refractivity contribution in [2.75, 3.05) is 11.9 Å². The SMILES string of the molecule is Cc1cc(NC(=O)C(C)(C)CN)on1. The van der Waals surface area contributed by atoms with Gasteiger partial charge in [0.1, 0.15) is 0 Å². The van der Waals surface area contributed by atoms with Gasteiger partial charge in [0.05, 0.1) is 11.1 Å². The Morgan fingerprint density at radius 3 is 2.79 bits per heavy atom. The summed E-state index contributed by atoms with van der Waals surface area (Å²) in [4.78, 5) is 11.6. The summed E-state index contributed by atoms with van der Waals surface area (Å²) < 4.78 is 4.85. The molecule has 0 spiro atoms. The number of aromatic nitrogens is 1. The molecular formula is C9H15N3O2. The number of amides is 1. The van der Waals surface area contributed by atoms with Crippen LogP contribution < -0.4 is 11.1 Å². The van der Waals surface area contributed by atoms with E-state index in [1.165, 1.54) is 0 Å². The Morgan fingerprint density at radius 2 is 2.36 bits per heavy atom. The van der Waals surface area contributed by atoms with Crippen LogP contribution in [0.5, 0.6) is 0 Å². The van der Waals surface area contributed by atoms with Crippen molar-refractivity contribution in [1.82, 2.24) is 5.16 Å². The van der Waals surface area contributed by atoms with E-state index in [0.717, 1.165) is 5.69 Å². The van der Waals surface area contributed by atoms with E-state index in [1.807, 2.05) is 0 Å². The van der Waals surface area contributed by atoms with E-state index in [-0.39, 0.29) is 12.5 Å². The Labute approximate surface area is 82.6 Å². The molecule has 5 heteroatoms. The molecule has 1 heterocycles. The van der Waals surface area contributed by atoms with Crippen molar-refractivity contribution in [3.05, 3.63) is 11.8 Å². The molecule has 0 aromatic carbocycles. The average molecular weight is 197 g/mol. The van der Waals surface area contributed by atoms with E-state index in [9.17, 15) is 4.79 Å². The van der Waals surface area contributed by atoms with E-state index in [1.54, 1.807) is 26.8 Å². The number of anilines is 1. The highest BCUT2D eigenvalue weighted by atomic mass is 16.5. The van der Waals surface area contributed by atoms with Gasteiger partial charge in [-0.3, -0.25) is 10.1 Å². The Kier molecular flexibility index (Phi) is 2.90. The van der Waals surface area contributed by atoms with Gasteiger partial charge in [0.2, 0.25) is 11.8 Å². The Balaban J connectivity index is 2.66. The number of nitrogens with one attached hydrogen (secondary N) is 1. The first-order chi connectivity index (χ1) is 6.45. The van der Waals surface area contributed by atoms with E-state index >= 15 is 0 Å². The monoisotopic (exact) mass is 197 g/mol. The molecule has 1 aromatic rings. The molecular weight excluding hydrogens is 182 g/mol. The fourth-order valence-corrected chi connectivity index (χ4v) is 0.796. The highest BCUT2D eigenvalue weighted by molar-refractivity contribution is 5.93. The van der Waals surface area contributed by atoms with Gasteiger partial charge >= 0.3 is 0 Å². The number of carbonyl (C=O) groups is 1. The number of aryl methyl sites for hydroxylation is 1. The number of hydrogen-bond donors (Lipinski definition) is 2. The van der Waals surface area contributed by atoms with Gasteiger partial charge in [-0.25, -0.2) is 0 Å². The minimum absolute atomic E-state index is 0.170. The lowest BCUT2D eigenvalue weighted by Gasteiger charge is -2.19. The van der Waals surface area contributed by atoms with E-state index < -0.39 is 5.41 Å². The lowest BCUT2D eigenvalue weighted by atomic mass is 9.93. The molecule has 0 aliphatic carbocycles. The summed E-state index contributed by atoms with van der Waals surface area (Å²) in [6.07, 6.45) is 0. The summed E-state index contributed by atoms with van der Waals surface area (Å²) in [5, 5.41) is 6.26.